The van der Waals surface area contributed by atoms with Crippen molar-refractivity contribution < 1.29 is 14.3 Å². The van der Waals surface area contributed by atoms with Gasteiger partial charge in [0.2, 0.25) is 0 Å². The van der Waals surface area contributed by atoms with E-state index in [1.807, 2.05) is 49.4 Å². The van der Waals surface area contributed by atoms with Gasteiger partial charge in [-0.2, -0.15) is 9.78 Å². The highest BCUT2D eigenvalue weighted by Crippen LogP contribution is 2.29. The van der Waals surface area contributed by atoms with Crippen LogP contribution >= 0.6 is 0 Å². The van der Waals surface area contributed by atoms with Gasteiger partial charge in [0.05, 0.1) is 25.1 Å². The number of carbonyl (C=O) groups is 1. The first-order valence-corrected chi connectivity index (χ1v) is 11.7. The monoisotopic (exact) mass is 482 g/mol. The van der Waals surface area contributed by atoms with Crippen molar-refractivity contribution in [2.45, 2.75) is 6.92 Å². The van der Waals surface area contributed by atoms with E-state index < -0.39 is 0 Å². The molecular weight excluding hydrogens is 456 g/mol. The van der Waals surface area contributed by atoms with Crippen LogP contribution in [0.1, 0.15) is 15.9 Å². The molecule has 8 heteroatoms. The number of hydrogen-bond acceptors (Lipinski definition) is 6. The fourth-order valence-electron chi connectivity index (χ4n) is 4.01. The van der Waals surface area contributed by atoms with Gasteiger partial charge in [-0.05, 0) is 55.0 Å². The molecule has 1 aliphatic heterocycles. The maximum absolute atomic E-state index is 13.6. The molecule has 8 nitrogen and oxygen atoms in total. The van der Waals surface area contributed by atoms with Gasteiger partial charge in [0.15, 0.2) is 11.4 Å². The van der Waals surface area contributed by atoms with Gasteiger partial charge in [-0.25, -0.2) is 0 Å². The predicted octanol–water partition coefficient (Wildman–Crippen LogP) is 4.55. The van der Waals surface area contributed by atoms with Crippen LogP contribution in [0.3, 0.4) is 0 Å². The fraction of sp³-hybridized carbons (Fsp3) is 0.179. The molecule has 1 saturated heterocycles. The lowest BCUT2D eigenvalue weighted by molar-refractivity contribution is 0.0303. The molecular formula is C28H26N4O4. The number of nitrogens with one attached hydrogen (secondary N) is 1. The minimum absolute atomic E-state index is 0.0744. The second-order valence-electron chi connectivity index (χ2n) is 8.47. The van der Waals surface area contributed by atoms with Gasteiger partial charge in [-0.15, -0.1) is 0 Å². The lowest BCUT2D eigenvalue weighted by Crippen LogP contribution is -2.40. The molecule has 1 amide bonds. The average Bonchev–Trinajstić information content (AvgIpc) is 2.91. The third-order valence-electron chi connectivity index (χ3n) is 5.84. The Labute approximate surface area is 208 Å². The zero-order valence-electron chi connectivity index (χ0n) is 19.9. The van der Waals surface area contributed by atoms with Gasteiger partial charge >= 0.3 is 0 Å². The van der Waals surface area contributed by atoms with Gasteiger partial charge in [0.1, 0.15) is 5.75 Å². The van der Waals surface area contributed by atoms with Crippen molar-refractivity contribution in [3.63, 3.8) is 0 Å². The van der Waals surface area contributed by atoms with E-state index in [1.54, 1.807) is 41.3 Å². The molecule has 1 N–H and O–H groups in total. The number of morpholine rings is 1. The highest BCUT2D eigenvalue weighted by atomic mass is 16.5. The van der Waals surface area contributed by atoms with Crippen LogP contribution < -0.4 is 15.6 Å². The molecule has 0 aliphatic carbocycles. The van der Waals surface area contributed by atoms with E-state index >= 15 is 0 Å². The Morgan fingerprint density at radius 3 is 2.53 bits per heavy atom. The molecule has 0 atom stereocenters. The summed E-state index contributed by atoms with van der Waals surface area (Å²) in [5, 5.41) is 7.53. The summed E-state index contributed by atoms with van der Waals surface area (Å²) in [6.45, 7) is 4.13. The van der Waals surface area contributed by atoms with E-state index in [0.717, 1.165) is 5.56 Å². The maximum Gasteiger partial charge on any atom is 0.299 e. The largest absolute Gasteiger partial charge is 0.453 e. The number of aryl methyl sites for hydroxylation is 1. The number of anilines is 2. The second-order valence-corrected chi connectivity index (χ2v) is 8.47. The van der Waals surface area contributed by atoms with E-state index in [2.05, 4.69) is 10.4 Å². The zero-order valence-corrected chi connectivity index (χ0v) is 19.9. The van der Waals surface area contributed by atoms with Gasteiger partial charge in [0.25, 0.3) is 11.5 Å². The van der Waals surface area contributed by atoms with Crippen LogP contribution in [0.4, 0.5) is 11.4 Å². The summed E-state index contributed by atoms with van der Waals surface area (Å²) in [4.78, 5) is 28.3. The van der Waals surface area contributed by atoms with Crippen molar-refractivity contribution in [3.8, 4) is 17.2 Å². The Kier molecular flexibility index (Phi) is 6.77. The van der Waals surface area contributed by atoms with E-state index in [1.165, 1.54) is 10.9 Å². The minimum Gasteiger partial charge on any atom is -0.453 e. The second kappa shape index (κ2) is 10.5. The van der Waals surface area contributed by atoms with Crippen molar-refractivity contribution in [1.82, 2.24) is 14.7 Å². The van der Waals surface area contributed by atoms with Crippen LogP contribution in [0.25, 0.3) is 5.69 Å². The van der Waals surface area contributed by atoms with Crippen LogP contribution in [-0.2, 0) is 4.74 Å². The van der Waals surface area contributed by atoms with Crippen molar-refractivity contribution in [1.29, 1.82) is 0 Å². The number of benzene rings is 3. The maximum atomic E-state index is 13.6. The van der Waals surface area contributed by atoms with Crippen LogP contribution in [0.5, 0.6) is 11.5 Å². The Morgan fingerprint density at radius 2 is 1.75 bits per heavy atom. The molecule has 0 spiro atoms. The number of rotatable bonds is 6. The molecule has 4 aromatic rings. The van der Waals surface area contributed by atoms with Crippen LogP contribution in [0.2, 0.25) is 0 Å². The summed E-state index contributed by atoms with van der Waals surface area (Å²) < 4.78 is 12.7. The van der Waals surface area contributed by atoms with E-state index in [-0.39, 0.29) is 22.9 Å². The number of carbonyl (C=O) groups excluding carboxylic acids is 1. The number of hydrogen-bond donors (Lipinski definition) is 1. The number of nitrogens with zero attached hydrogens (tertiary/aromatic N) is 3. The van der Waals surface area contributed by atoms with Crippen LogP contribution in [0.15, 0.2) is 89.9 Å². The van der Waals surface area contributed by atoms with Crippen molar-refractivity contribution >= 4 is 17.3 Å². The molecule has 1 fully saturated rings. The van der Waals surface area contributed by atoms with Crippen molar-refractivity contribution in [2.75, 3.05) is 31.6 Å². The van der Waals surface area contributed by atoms with Gasteiger partial charge < -0.3 is 19.7 Å². The van der Waals surface area contributed by atoms with Crippen molar-refractivity contribution in [3.05, 3.63) is 107 Å². The van der Waals surface area contributed by atoms with Gasteiger partial charge in [-0.1, -0.05) is 36.4 Å². The molecule has 36 heavy (non-hydrogen) atoms. The number of aromatic nitrogens is 2. The predicted molar refractivity (Wildman–Crippen MR) is 138 cm³/mol. The minimum atomic E-state index is -0.378. The molecule has 0 unspecified atom stereocenters. The summed E-state index contributed by atoms with van der Waals surface area (Å²) in [5.74, 6) is 0.797. The first-order valence-electron chi connectivity index (χ1n) is 11.7. The normalized spacial score (nSPS) is 13.3. The third kappa shape index (κ3) is 5.13. The summed E-state index contributed by atoms with van der Waals surface area (Å²) in [6, 6.07) is 23.8. The van der Waals surface area contributed by atoms with Crippen LogP contribution in [-0.4, -0.2) is 46.9 Å². The van der Waals surface area contributed by atoms with E-state index in [4.69, 9.17) is 9.47 Å². The zero-order chi connectivity index (χ0) is 24.9. The molecule has 182 valence electrons. The Balaban J connectivity index is 1.52. The molecule has 0 saturated carbocycles. The summed E-state index contributed by atoms with van der Waals surface area (Å²) in [5.41, 5.74) is 2.61. The van der Waals surface area contributed by atoms with Crippen LogP contribution in [0, 0.1) is 6.92 Å². The molecule has 0 radical (unpaired) electrons. The lowest BCUT2D eigenvalue weighted by atomic mass is 10.1. The van der Waals surface area contributed by atoms with Gasteiger partial charge in [0, 0.05) is 24.3 Å². The van der Waals surface area contributed by atoms with Gasteiger partial charge in [-0.3, -0.25) is 9.59 Å². The topological polar surface area (TPSA) is 85.7 Å². The SMILES string of the molecule is Cc1cccc(Oc2cnn(-c3ccccc3)c(=O)c2Nc2cccc(C(=O)N3CCOCC3)c2)c1. The Morgan fingerprint density at radius 1 is 0.972 bits per heavy atom. The highest BCUT2D eigenvalue weighted by molar-refractivity contribution is 5.95. The standard InChI is InChI=1S/C28H26N4O4/c1-20-7-5-12-24(17-20)36-25-19-29-32(23-10-3-2-4-11-23)28(34)26(25)30-22-9-6-8-21(18-22)27(33)31-13-15-35-16-14-31/h2-12,17-19,30H,13-16H2,1H3. The summed E-state index contributed by atoms with van der Waals surface area (Å²) in [7, 11) is 0. The first-order chi connectivity index (χ1) is 17.6. The summed E-state index contributed by atoms with van der Waals surface area (Å²) in [6.07, 6.45) is 1.52. The first kappa shape index (κ1) is 23.3. The van der Waals surface area contributed by atoms with Crippen molar-refractivity contribution in [2.24, 2.45) is 0 Å². The third-order valence-corrected chi connectivity index (χ3v) is 5.84. The molecule has 2 heterocycles. The molecule has 1 aromatic heterocycles. The van der Waals surface area contributed by atoms with E-state index in [9.17, 15) is 9.59 Å². The average molecular weight is 483 g/mol. The Hall–Kier alpha value is -4.43. The lowest BCUT2D eigenvalue weighted by Gasteiger charge is -2.27. The fourth-order valence-corrected chi connectivity index (χ4v) is 4.01. The highest BCUT2D eigenvalue weighted by Gasteiger charge is 2.20. The quantitative estimate of drug-likeness (QED) is 0.434. The molecule has 1 aliphatic rings. The van der Waals surface area contributed by atoms with E-state index in [0.29, 0.717) is 49.0 Å². The Bertz CT molecular complexity index is 1430. The number of ether oxygens (including phenoxy) is 2. The smallest absolute Gasteiger partial charge is 0.299 e. The summed E-state index contributed by atoms with van der Waals surface area (Å²) >= 11 is 0. The molecule has 3 aromatic carbocycles. The number of para-hydroxylation sites is 1. The molecule has 0 bridgehead atoms. The molecule has 5 rings (SSSR count). The number of amides is 1.